The maximum atomic E-state index is 13.0. The maximum absolute atomic E-state index is 13.0. The van der Waals surface area contributed by atoms with E-state index in [0.717, 1.165) is 66.0 Å². The Bertz CT molecular complexity index is 1140. The predicted octanol–water partition coefficient (Wildman–Crippen LogP) is 3.44. The van der Waals surface area contributed by atoms with Gasteiger partial charge in [-0.15, -0.1) is 11.3 Å². The molecule has 1 aromatic carbocycles. The van der Waals surface area contributed by atoms with Crippen LogP contribution in [0.5, 0.6) is 0 Å². The van der Waals surface area contributed by atoms with Crippen molar-refractivity contribution in [1.29, 1.82) is 0 Å². The maximum Gasteiger partial charge on any atom is 0.314 e. The highest BCUT2D eigenvalue weighted by Crippen LogP contribution is 2.44. The van der Waals surface area contributed by atoms with E-state index in [4.69, 9.17) is 14.7 Å². The summed E-state index contributed by atoms with van der Waals surface area (Å²) < 4.78 is 5.28. The van der Waals surface area contributed by atoms with E-state index >= 15 is 0 Å². The van der Waals surface area contributed by atoms with Gasteiger partial charge in [-0.2, -0.15) is 0 Å². The number of hydrogen-bond acceptors (Lipinski definition) is 9. The van der Waals surface area contributed by atoms with E-state index in [2.05, 4.69) is 46.0 Å². The second-order valence-electron chi connectivity index (χ2n) is 8.67. The van der Waals surface area contributed by atoms with Crippen LogP contribution in [0.1, 0.15) is 21.9 Å². The van der Waals surface area contributed by atoms with Crippen LogP contribution in [-0.2, 0) is 22.6 Å². The molecule has 5 rings (SSSR count). The molecule has 1 atom stereocenters. The SMILES string of the molecule is COC(=O)C1CN(Cc2ccccc2)Cc2sc3nc(SC)nc(N4CCN(C)CC4)c3c21. The highest BCUT2D eigenvalue weighted by Gasteiger charge is 2.37. The van der Waals surface area contributed by atoms with Crippen molar-refractivity contribution in [2.45, 2.75) is 24.2 Å². The number of carbonyl (C=O) groups is 1. The first-order valence-electron chi connectivity index (χ1n) is 11.2. The van der Waals surface area contributed by atoms with Crippen molar-refractivity contribution in [2.75, 3.05) is 58.0 Å². The molecule has 1 saturated heterocycles. The van der Waals surface area contributed by atoms with E-state index in [9.17, 15) is 4.79 Å². The highest BCUT2D eigenvalue weighted by molar-refractivity contribution is 7.98. The van der Waals surface area contributed by atoms with Crippen LogP contribution in [0.4, 0.5) is 5.82 Å². The van der Waals surface area contributed by atoms with Gasteiger partial charge in [-0.25, -0.2) is 9.97 Å². The van der Waals surface area contributed by atoms with Crippen molar-refractivity contribution < 1.29 is 9.53 Å². The Morgan fingerprint density at radius 3 is 2.64 bits per heavy atom. The molecule has 0 saturated carbocycles. The van der Waals surface area contributed by atoms with E-state index in [1.165, 1.54) is 17.6 Å². The molecule has 2 aromatic heterocycles. The largest absolute Gasteiger partial charge is 0.469 e. The molecule has 3 aromatic rings. The van der Waals surface area contributed by atoms with Crippen molar-refractivity contribution in [1.82, 2.24) is 19.8 Å². The lowest BCUT2D eigenvalue weighted by Crippen LogP contribution is -2.45. The van der Waals surface area contributed by atoms with Crippen molar-refractivity contribution in [2.24, 2.45) is 0 Å². The zero-order valence-corrected chi connectivity index (χ0v) is 20.9. The van der Waals surface area contributed by atoms with E-state index < -0.39 is 0 Å². The van der Waals surface area contributed by atoms with Crippen LogP contribution in [0.25, 0.3) is 10.2 Å². The third kappa shape index (κ3) is 4.47. The van der Waals surface area contributed by atoms with Crippen LogP contribution in [0.3, 0.4) is 0 Å². The standard InChI is InChI=1S/C24H29N5O2S2/c1-27-9-11-29(12-10-27)21-20-19-17(23(30)31-2)14-28(13-16-7-5-4-6-8-16)15-18(19)33-22(20)26-24(25-21)32-3/h4-8,17H,9-15H2,1-3H3. The first kappa shape index (κ1) is 22.6. The number of carbonyl (C=O) groups excluding carboxylic acids is 1. The van der Waals surface area contributed by atoms with Crippen LogP contribution >= 0.6 is 23.1 Å². The summed E-state index contributed by atoms with van der Waals surface area (Å²) in [6.07, 6.45) is 2.02. The molecule has 1 unspecified atom stereocenters. The summed E-state index contributed by atoms with van der Waals surface area (Å²) in [5.74, 6) is 0.443. The third-order valence-corrected chi connectivity index (χ3v) is 8.13. The zero-order valence-electron chi connectivity index (χ0n) is 19.3. The predicted molar refractivity (Wildman–Crippen MR) is 134 cm³/mol. The quantitative estimate of drug-likeness (QED) is 0.311. The summed E-state index contributed by atoms with van der Waals surface area (Å²) in [7, 11) is 3.64. The average Bonchev–Trinajstić information content (AvgIpc) is 3.21. The first-order chi connectivity index (χ1) is 16.1. The molecule has 4 heterocycles. The van der Waals surface area contributed by atoms with E-state index in [-0.39, 0.29) is 11.9 Å². The number of piperazine rings is 1. The molecule has 9 heteroatoms. The van der Waals surface area contributed by atoms with E-state index in [1.54, 1.807) is 23.1 Å². The van der Waals surface area contributed by atoms with Crippen LogP contribution in [0.15, 0.2) is 35.5 Å². The summed E-state index contributed by atoms with van der Waals surface area (Å²) in [5.41, 5.74) is 2.32. The number of ether oxygens (including phenoxy) is 1. The van der Waals surface area contributed by atoms with Crippen molar-refractivity contribution >= 4 is 45.1 Å². The summed E-state index contributed by atoms with van der Waals surface area (Å²) in [6.45, 7) is 6.07. The van der Waals surface area contributed by atoms with Gasteiger partial charge in [-0.3, -0.25) is 9.69 Å². The van der Waals surface area contributed by atoms with Gasteiger partial charge in [0.15, 0.2) is 5.16 Å². The molecule has 0 bridgehead atoms. The normalized spacial score (nSPS) is 19.6. The number of likely N-dealkylation sites (N-methyl/N-ethyl adjacent to an activating group) is 1. The first-order valence-corrected chi connectivity index (χ1v) is 13.3. The number of hydrogen-bond donors (Lipinski definition) is 0. The molecule has 0 amide bonds. The lowest BCUT2D eigenvalue weighted by molar-refractivity contribution is -0.143. The van der Waals surface area contributed by atoms with Gasteiger partial charge < -0.3 is 14.5 Å². The Labute approximate surface area is 202 Å². The molecule has 0 spiro atoms. The van der Waals surface area contributed by atoms with E-state index in [1.807, 2.05) is 12.3 Å². The monoisotopic (exact) mass is 483 g/mol. The third-order valence-electron chi connectivity index (χ3n) is 6.50. The topological polar surface area (TPSA) is 61.8 Å². The number of thioether (sulfide) groups is 1. The number of thiophene rings is 1. The average molecular weight is 484 g/mol. The molecule has 33 heavy (non-hydrogen) atoms. The minimum Gasteiger partial charge on any atom is -0.469 e. The lowest BCUT2D eigenvalue weighted by atomic mass is 9.92. The fraction of sp³-hybridized carbons (Fsp3) is 0.458. The number of anilines is 1. The minimum atomic E-state index is -0.342. The van der Waals surface area contributed by atoms with Gasteiger partial charge in [0.1, 0.15) is 10.6 Å². The second kappa shape index (κ2) is 9.58. The molecule has 0 N–H and O–H groups in total. The van der Waals surface area contributed by atoms with Gasteiger partial charge >= 0.3 is 5.97 Å². The van der Waals surface area contributed by atoms with Gasteiger partial charge in [0.2, 0.25) is 0 Å². The molecule has 0 radical (unpaired) electrons. The number of nitrogens with zero attached hydrogens (tertiary/aromatic N) is 5. The van der Waals surface area contributed by atoms with Crippen LogP contribution in [0, 0.1) is 0 Å². The molecule has 2 aliphatic heterocycles. The molecule has 1 fully saturated rings. The van der Waals surface area contributed by atoms with E-state index in [0.29, 0.717) is 6.54 Å². The molecule has 0 aliphatic carbocycles. The van der Waals surface area contributed by atoms with Crippen LogP contribution in [0.2, 0.25) is 0 Å². The highest BCUT2D eigenvalue weighted by atomic mass is 32.2. The number of fused-ring (bicyclic) bond motifs is 3. The Morgan fingerprint density at radius 2 is 1.94 bits per heavy atom. The zero-order chi connectivity index (χ0) is 22.9. The number of methoxy groups -OCH3 is 1. The minimum absolute atomic E-state index is 0.188. The lowest BCUT2D eigenvalue weighted by Gasteiger charge is -2.35. The number of benzene rings is 1. The number of esters is 1. The summed E-state index contributed by atoms with van der Waals surface area (Å²) >= 11 is 3.27. The number of rotatable bonds is 5. The Kier molecular flexibility index (Phi) is 6.56. The van der Waals surface area contributed by atoms with Crippen LogP contribution < -0.4 is 4.90 Å². The molecular weight excluding hydrogens is 454 g/mol. The molecule has 2 aliphatic rings. The Balaban J connectivity index is 1.60. The molecule has 174 valence electrons. The van der Waals surface area contributed by atoms with Gasteiger partial charge in [0.05, 0.1) is 18.4 Å². The summed E-state index contributed by atoms with van der Waals surface area (Å²) in [6, 6.07) is 10.4. The Morgan fingerprint density at radius 1 is 1.18 bits per heavy atom. The second-order valence-corrected chi connectivity index (χ2v) is 10.5. The summed E-state index contributed by atoms with van der Waals surface area (Å²) in [4.78, 5) is 32.0. The van der Waals surface area contributed by atoms with Crippen molar-refractivity contribution in [3.05, 3.63) is 46.3 Å². The smallest absolute Gasteiger partial charge is 0.314 e. The number of aromatic nitrogens is 2. The molecule has 7 nitrogen and oxygen atoms in total. The van der Waals surface area contributed by atoms with Crippen molar-refractivity contribution in [3.63, 3.8) is 0 Å². The fourth-order valence-electron chi connectivity index (χ4n) is 4.77. The van der Waals surface area contributed by atoms with Crippen molar-refractivity contribution in [3.8, 4) is 0 Å². The van der Waals surface area contributed by atoms with Gasteiger partial charge in [0, 0.05) is 50.7 Å². The Hall–Kier alpha value is -2.20. The fourth-order valence-corrected chi connectivity index (χ4v) is 6.46. The summed E-state index contributed by atoms with van der Waals surface area (Å²) in [5, 5.41) is 1.83. The molecular formula is C24H29N5O2S2. The van der Waals surface area contributed by atoms with Gasteiger partial charge in [0.25, 0.3) is 0 Å². The van der Waals surface area contributed by atoms with Gasteiger partial charge in [-0.1, -0.05) is 42.1 Å². The van der Waals surface area contributed by atoms with Crippen LogP contribution in [-0.4, -0.2) is 78.9 Å². The van der Waals surface area contributed by atoms with Gasteiger partial charge in [-0.05, 0) is 24.4 Å².